The summed E-state index contributed by atoms with van der Waals surface area (Å²) in [7, 11) is 0. The Morgan fingerprint density at radius 3 is 2.87 bits per heavy atom. The zero-order chi connectivity index (χ0) is 21.1. The van der Waals surface area contributed by atoms with Gasteiger partial charge in [0.1, 0.15) is 11.5 Å². The Kier molecular flexibility index (Phi) is 5.63. The SMILES string of the molecule is Cc1c(C(=O)Oc2cccnc2)oc2c1/C(=N/NC(=O)c1cccc(Cl)c1)CCC2. The first-order valence-electron chi connectivity index (χ1n) is 9.40. The van der Waals surface area contributed by atoms with Crippen LogP contribution in [0.4, 0.5) is 0 Å². The third kappa shape index (κ3) is 4.11. The van der Waals surface area contributed by atoms with Gasteiger partial charge >= 0.3 is 5.97 Å². The molecule has 4 rings (SSSR count). The number of aromatic nitrogens is 1. The number of nitrogens with zero attached hydrogens (tertiary/aromatic N) is 2. The van der Waals surface area contributed by atoms with E-state index in [0.29, 0.717) is 46.2 Å². The number of hydrazone groups is 1. The number of halogens is 1. The predicted molar refractivity (Wildman–Crippen MR) is 111 cm³/mol. The molecule has 3 aromatic rings. The summed E-state index contributed by atoms with van der Waals surface area (Å²) in [5, 5.41) is 4.77. The zero-order valence-electron chi connectivity index (χ0n) is 16.1. The number of rotatable bonds is 4. The van der Waals surface area contributed by atoms with E-state index in [2.05, 4.69) is 15.5 Å². The predicted octanol–water partition coefficient (Wildman–Crippen LogP) is 4.33. The molecule has 0 aliphatic heterocycles. The first-order valence-corrected chi connectivity index (χ1v) is 9.78. The Morgan fingerprint density at radius 1 is 1.23 bits per heavy atom. The summed E-state index contributed by atoms with van der Waals surface area (Å²) >= 11 is 5.94. The molecule has 8 heteroatoms. The number of esters is 1. The van der Waals surface area contributed by atoms with E-state index >= 15 is 0 Å². The second kappa shape index (κ2) is 8.51. The lowest BCUT2D eigenvalue weighted by molar-refractivity contribution is 0.0697. The largest absolute Gasteiger partial charge is 0.453 e. The maximum absolute atomic E-state index is 12.6. The topological polar surface area (TPSA) is 93.8 Å². The average Bonchev–Trinajstić information content (AvgIpc) is 3.10. The van der Waals surface area contributed by atoms with Gasteiger partial charge in [-0.2, -0.15) is 5.10 Å². The molecule has 1 aromatic carbocycles. The minimum atomic E-state index is -0.600. The number of carbonyl (C=O) groups excluding carboxylic acids is 2. The summed E-state index contributed by atoms with van der Waals surface area (Å²) in [6.07, 6.45) is 5.17. The lowest BCUT2D eigenvalue weighted by Gasteiger charge is -2.13. The van der Waals surface area contributed by atoms with Crippen molar-refractivity contribution in [2.45, 2.75) is 26.2 Å². The molecule has 0 atom stereocenters. The van der Waals surface area contributed by atoms with E-state index in [-0.39, 0.29) is 11.7 Å². The Bertz CT molecular complexity index is 1140. The number of ether oxygens (including phenoxy) is 1. The fourth-order valence-electron chi connectivity index (χ4n) is 3.35. The lowest BCUT2D eigenvalue weighted by atomic mass is 9.93. The van der Waals surface area contributed by atoms with Crippen LogP contribution in [0.2, 0.25) is 5.02 Å². The van der Waals surface area contributed by atoms with E-state index in [1.807, 2.05) is 0 Å². The molecule has 1 aliphatic rings. The molecule has 1 N–H and O–H groups in total. The van der Waals surface area contributed by atoms with Gasteiger partial charge in [-0.1, -0.05) is 17.7 Å². The Morgan fingerprint density at radius 2 is 2.10 bits per heavy atom. The molecule has 2 heterocycles. The fourth-order valence-corrected chi connectivity index (χ4v) is 3.54. The molecule has 1 amide bonds. The quantitative estimate of drug-likeness (QED) is 0.498. The number of carbonyl (C=O) groups is 2. The molecule has 0 unspecified atom stereocenters. The van der Waals surface area contributed by atoms with Crippen LogP contribution in [0.5, 0.6) is 5.75 Å². The molecule has 0 saturated heterocycles. The van der Waals surface area contributed by atoms with E-state index in [9.17, 15) is 9.59 Å². The van der Waals surface area contributed by atoms with E-state index in [4.69, 9.17) is 20.8 Å². The lowest BCUT2D eigenvalue weighted by Crippen LogP contribution is -2.22. The Labute approximate surface area is 177 Å². The van der Waals surface area contributed by atoms with Gasteiger partial charge in [-0.25, -0.2) is 10.2 Å². The summed E-state index contributed by atoms with van der Waals surface area (Å²) in [6.45, 7) is 1.78. The monoisotopic (exact) mass is 423 g/mol. The number of pyridine rings is 1. The van der Waals surface area contributed by atoms with Crippen LogP contribution in [-0.2, 0) is 6.42 Å². The van der Waals surface area contributed by atoms with Crippen LogP contribution in [0.1, 0.15) is 50.6 Å². The molecule has 0 bridgehead atoms. The molecule has 7 nitrogen and oxygen atoms in total. The van der Waals surface area contributed by atoms with Crippen LogP contribution in [0.3, 0.4) is 0 Å². The average molecular weight is 424 g/mol. The minimum absolute atomic E-state index is 0.125. The number of amides is 1. The van der Waals surface area contributed by atoms with Crippen molar-refractivity contribution < 1.29 is 18.7 Å². The van der Waals surface area contributed by atoms with Gasteiger partial charge in [-0.15, -0.1) is 0 Å². The van der Waals surface area contributed by atoms with Gasteiger partial charge in [0.25, 0.3) is 5.91 Å². The number of aryl methyl sites for hydroxylation is 1. The van der Waals surface area contributed by atoms with Gasteiger partial charge < -0.3 is 9.15 Å². The molecule has 0 fully saturated rings. The highest BCUT2D eigenvalue weighted by Gasteiger charge is 2.29. The maximum atomic E-state index is 12.6. The summed E-state index contributed by atoms with van der Waals surface area (Å²) in [5.41, 5.74) is 5.01. The molecule has 0 saturated carbocycles. The second-order valence-corrected chi connectivity index (χ2v) is 7.23. The molecule has 0 spiro atoms. The first-order chi connectivity index (χ1) is 14.5. The van der Waals surface area contributed by atoms with Crippen LogP contribution in [0.15, 0.2) is 58.3 Å². The van der Waals surface area contributed by atoms with Crippen molar-refractivity contribution in [3.63, 3.8) is 0 Å². The first kappa shape index (κ1) is 19.8. The fraction of sp³-hybridized carbons (Fsp3) is 0.182. The van der Waals surface area contributed by atoms with Gasteiger partial charge in [0.05, 0.1) is 11.9 Å². The smallest absolute Gasteiger partial charge is 0.379 e. The number of fused-ring (bicyclic) bond motifs is 1. The molecule has 0 radical (unpaired) electrons. The van der Waals surface area contributed by atoms with Crippen molar-refractivity contribution in [3.8, 4) is 5.75 Å². The second-order valence-electron chi connectivity index (χ2n) is 6.80. The van der Waals surface area contributed by atoms with Crippen LogP contribution in [0, 0.1) is 6.92 Å². The molecular formula is C22H18ClN3O4. The standard InChI is InChI=1S/C22H18ClN3O4/c1-13-19-17(25-26-21(27)14-5-2-6-15(23)11-14)8-3-9-18(19)30-20(13)22(28)29-16-7-4-10-24-12-16/h2,4-7,10-12H,3,8-9H2,1H3,(H,26,27)/b25-17+. The van der Waals surface area contributed by atoms with Crippen LogP contribution < -0.4 is 10.2 Å². The van der Waals surface area contributed by atoms with Gasteiger partial charge in [0, 0.05) is 34.3 Å². The number of hydrogen-bond acceptors (Lipinski definition) is 6. The van der Waals surface area contributed by atoms with Crippen molar-refractivity contribution in [2.75, 3.05) is 0 Å². The molecular weight excluding hydrogens is 406 g/mol. The van der Waals surface area contributed by atoms with Gasteiger partial charge in [0.15, 0.2) is 0 Å². The molecule has 1 aliphatic carbocycles. The van der Waals surface area contributed by atoms with Crippen molar-refractivity contribution in [2.24, 2.45) is 5.10 Å². The van der Waals surface area contributed by atoms with Crippen molar-refractivity contribution in [3.05, 3.63) is 82.0 Å². The summed E-state index contributed by atoms with van der Waals surface area (Å²) in [4.78, 5) is 28.9. The summed E-state index contributed by atoms with van der Waals surface area (Å²) < 4.78 is 11.1. The Hall–Kier alpha value is -3.45. The van der Waals surface area contributed by atoms with Gasteiger partial charge in [-0.05, 0) is 50.1 Å². The third-order valence-corrected chi connectivity index (χ3v) is 4.97. The van der Waals surface area contributed by atoms with E-state index in [1.54, 1.807) is 49.5 Å². The number of benzene rings is 1. The number of furan rings is 1. The molecule has 2 aromatic heterocycles. The summed E-state index contributed by atoms with van der Waals surface area (Å²) in [6, 6.07) is 9.93. The van der Waals surface area contributed by atoms with Crippen LogP contribution in [0.25, 0.3) is 0 Å². The number of nitrogens with one attached hydrogen (secondary N) is 1. The zero-order valence-corrected chi connectivity index (χ0v) is 16.9. The van der Waals surface area contributed by atoms with Gasteiger partial charge in [-0.3, -0.25) is 9.78 Å². The van der Waals surface area contributed by atoms with E-state index in [0.717, 1.165) is 12.0 Å². The highest BCUT2D eigenvalue weighted by molar-refractivity contribution is 6.31. The van der Waals surface area contributed by atoms with Crippen molar-refractivity contribution >= 4 is 29.2 Å². The molecule has 30 heavy (non-hydrogen) atoms. The highest BCUT2D eigenvalue weighted by Crippen LogP contribution is 2.30. The van der Waals surface area contributed by atoms with Crippen LogP contribution >= 0.6 is 11.6 Å². The highest BCUT2D eigenvalue weighted by atomic mass is 35.5. The molecule has 152 valence electrons. The van der Waals surface area contributed by atoms with Gasteiger partial charge in [0.2, 0.25) is 5.76 Å². The number of hydrogen-bond donors (Lipinski definition) is 1. The minimum Gasteiger partial charge on any atom is -0.453 e. The van der Waals surface area contributed by atoms with Crippen molar-refractivity contribution in [1.29, 1.82) is 0 Å². The maximum Gasteiger partial charge on any atom is 0.379 e. The Balaban J connectivity index is 1.57. The van der Waals surface area contributed by atoms with E-state index in [1.165, 1.54) is 6.20 Å². The van der Waals surface area contributed by atoms with Crippen LogP contribution in [-0.4, -0.2) is 22.6 Å². The normalized spacial score (nSPS) is 14.3. The summed E-state index contributed by atoms with van der Waals surface area (Å²) in [5.74, 6) is 0.151. The third-order valence-electron chi connectivity index (χ3n) is 4.74. The van der Waals surface area contributed by atoms with Crippen molar-refractivity contribution in [1.82, 2.24) is 10.4 Å². The van der Waals surface area contributed by atoms with E-state index < -0.39 is 5.97 Å².